The Balaban J connectivity index is 1.55. The highest BCUT2D eigenvalue weighted by molar-refractivity contribution is 6.74. The summed E-state index contributed by atoms with van der Waals surface area (Å²) >= 11 is 0. The molecule has 3 atom stereocenters. The lowest BCUT2D eigenvalue weighted by atomic mass is 9.91. The van der Waals surface area contributed by atoms with Crippen LogP contribution in [0.1, 0.15) is 63.0 Å². The molecule has 4 heterocycles. The number of benzene rings is 1. The highest BCUT2D eigenvalue weighted by atomic mass is 28.4. The van der Waals surface area contributed by atoms with Gasteiger partial charge in [-0.3, -0.25) is 24.0 Å². The topological polar surface area (TPSA) is 156 Å². The van der Waals surface area contributed by atoms with Crippen LogP contribution in [0.4, 0.5) is 9.59 Å². The van der Waals surface area contributed by atoms with Crippen molar-refractivity contribution in [3.05, 3.63) is 53.3 Å². The minimum atomic E-state index is -2.44. The molecule has 2 aromatic rings. The maximum atomic E-state index is 14.0. The number of imide groups is 1. The van der Waals surface area contributed by atoms with Gasteiger partial charge in [0.1, 0.15) is 18.7 Å². The summed E-state index contributed by atoms with van der Waals surface area (Å²) in [5.41, 5.74) is 8.45. The second-order valence-electron chi connectivity index (χ2n) is 13.2. The minimum absolute atomic E-state index is 0.110. The van der Waals surface area contributed by atoms with Crippen LogP contribution in [0.25, 0.3) is 0 Å². The van der Waals surface area contributed by atoms with Crippen molar-refractivity contribution in [1.29, 1.82) is 0 Å². The van der Waals surface area contributed by atoms with Gasteiger partial charge in [-0.15, -0.1) is 5.16 Å². The standard InChI is InChI=1S/C30H42N8O6Si/c1-8-35-20(16-37(28(31)41)27(40)26(35)39)14-22(33-44-45(6,7)30(2,3)4)25-24-21(15-32-34(24)5)23-17-36(25)29(42)38(23)43-18-19-12-10-9-11-13-19/h9-13,15,20,23,25H,8,14,16-18H2,1-7H3,(H2,31,41)/b33-22+/t20?,23-,25+/m0/s1. The number of likely N-dealkylation sites (N-methyl/N-ethyl adjacent to an activating group) is 1. The molecule has 1 aromatic carbocycles. The van der Waals surface area contributed by atoms with Gasteiger partial charge in [-0.2, -0.15) is 10.2 Å². The van der Waals surface area contributed by atoms with Gasteiger partial charge < -0.3 is 20.1 Å². The molecule has 1 unspecified atom stereocenters. The van der Waals surface area contributed by atoms with Gasteiger partial charge in [-0.05, 0) is 30.6 Å². The summed E-state index contributed by atoms with van der Waals surface area (Å²) in [4.78, 5) is 61.9. The van der Waals surface area contributed by atoms with Gasteiger partial charge in [0.2, 0.25) is 0 Å². The fourth-order valence-electron chi connectivity index (χ4n) is 5.76. The van der Waals surface area contributed by atoms with Crippen molar-refractivity contribution in [2.45, 2.75) is 77.0 Å². The van der Waals surface area contributed by atoms with Crippen LogP contribution in [0, 0.1) is 0 Å². The number of urea groups is 2. The van der Waals surface area contributed by atoms with Crippen LogP contribution in [-0.2, 0) is 32.6 Å². The number of aromatic nitrogens is 2. The fraction of sp³-hybridized carbons (Fsp3) is 0.533. The molecule has 15 heteroatoms. The largest absolute Gasteiger partial charge is 0.455 e. The predicted molar refractivity (Wildman–Crippen MR) is 167 cm³/mol. The van der Waals surface area contributed by atoms with Crippen LogP contribution in [-0.4, -0.2) is 93.1 Å². The molecule has 2 fully saturated rings. The first-order valence-corrected chi connectivity index (χ1v) is 18.0. The van der Waals surface area contributed by atoms with Gasteiger partial charge in [0.25, 0.3) is 8.32 Å². The zero-order chi connectivity index (χ0) is 32.8. The van der Waals surface area contributed by atoms with Crippen molar-refractivity contribution in [2.75, 3.05) is 19.6 Å². The maximum Gasteiger partial charge on any atom is 0.345 e. The number of nitrogens with two attached hydrogens (primary N) is 1. The van der Waals surface area contributed by atoms with Gasteiger partial charge in [-0.1, -0.05) is 51.1 Å². The van der Waals surface area contributed by atoms with E-state index >= 15 is 0 Å². The highest BCUT2D eigenvalue weighted by Crippen LogP contribution is 2.46. The van der Waals surface area contributed by atoms with E-state index in [2.05, 4.69) is 39.0 Å². The van der Waals surface area contributed by atoms with Crippen molar-refractivity contribution < 1.29 is 28.5 Å². The van der Waals surface area contributed by atoms with Crippen molar-refractivity contribution in [1.82, 2.24) is 29.5 Å². The zero-order valence-electron chi connectivity index (χ0n) is 26.9. The monoisotopic (exact) mass is 638 g/mol. The number of hydrogen-bond donors (Lipinski definition) is 1. The van der Waals surface area contributed by atoms with Gasteiger partial charge in [0.05, 0.1) is 36.7 Å². The number of oxime groups is 1. The molecule has 14 nitrogen and oxygen atoms in total. The molecule has 0 saturated carbocycles. The number of carbonyl (C=O) groups is 4. The molecule has 242 valence electrons. The Bertz CT molecular complexity index is 1520. The average molecular weight is 639 g/mol. The normalized spacial score (nSPS) is 22.3. The number of hydrogen-bond acceptors (Lipinski definition) is 8. The Hall–Kier alpha value is -4.24. The van der Waals surface area contributed by atoms with Crippen molar-refractivity contribution in [2.24, 2.45) is 17.9 Å². The summed E-state index contributed by atoms with van der Waals surface area (Å²) in [6.07, 6.45) is 1.85. The number of fused-ring (bicyclic) bond motifs is 4. The molecule has 1 aromatic heterocycles. The first-order chi connectivity index (χ1) is 21.2. The zero-order valence-corrected chi connectivity index (χ0v) is 27.9. The Kier molecular flexibility index (Phi) is 8.52. The molecule has 6 amide bonds. The van der Waals surface area contributed by atoms with Crippen LogP contribution in [0.3, 0.4) is 0 Å². The van der Waals surface area contributed by atoms with Crippen LogP contribution in [0.2, 0.25) is 18.1 Å². The highest BCUT2D eigenvalue weighted by Gasteiger charge is 2.53. The quantitative estimate of drug-likeness (QED) is 0.191. The molecule has 0 radical (unpaired) electrons. The second kappa shape index (κ2) is 11.9. The van der Waals surface area contributed by atoms with E-state index in [4.69, 9.17) is 20.3 Å². The maximum absolute atomic E-state index is 14.0. The molecule has 0 spiro atoms. The fourth-order valence-corrected chi connectivity index (χ4v) is 6.38. The predicted octanol–water partition coefficient (Wildman–Crippen LogP) is 3.29. The molecule has 2 N–H and O–H groups in total. The average Bonchev–Trinajstić information content (AvgIpc) is 3.50. The third kappa shape index (κ3) is 5.81. The number of primary amides is 1. The van der Waals surface area contributed by atoms with Gasteiger partial charge >= 0.3 is 23.9 Å². The molecular formula is C30H42N8O6Si. The number of piperazine rings is 1. The number of hydroxylamine groups is 2. The Labute approximate surface area is 263 Å². The van der Waals surface area contributed by atoms with Gasteiger partial charge in [0.15, 0.2) is 0 Å². The summed E-state index contributed by atoms with van der Waals surface area (Å²) in [5.74, 6) is -1.79. The van der Waals surface area contributed by atoms with Crippen molar-refractivity contribution in [3.63, 3.8) is 0 Å². The third-order valence-corrected chi connectivity index (χ3v) is 13.5. The van der Waals surface area contributed by atoms with Crippen molar-refractivity contribution >= 4 is 37.9 Å². The van der Waals surface area contributed by atoms with E-state index in [1.54, 1.807) is 29.7 Å². The Morgan fingerprint density at radius 2 is 1.80 bits per heavy atom. The summed E-state index contributed by atoms with van der Waals surface area (Å²) in [5, 5.41) is 10.5. The van der Waals surface area contributed by atoms with Crippen LogP contribution in [0.5, 0.6) is 0 Å². The van der Waals surface area contributed by atoms with E-state index in [0.717, 1.165) is 21.7 Å². The molecule has 2 bridgehead atoms. The minimum Gasteiger partial charge on any atom is -0.455 e. The SMILES string of the molecule is CCN1C(=O)C(=O)N(C(N)=O)CC1C/C(=N\O[Si](C)(C)C(C)(C)C)[C@@H]1c2c(cnn2C)[C@@H]2CN1C(=O)N2OCc1ccccc1. The summed E-state index contributed by atoms with van der Waals surface area (Å²) in [7, 11) is -0.632. The van der Waals surface area contributed by atoms with E-state index in [9.17, 15) is 19.2 Å². The number of rotatable bonds is 9. The van der Waals surface area contributed by atoms with Gasteiger partial charge in [0, 0.05) is 25.6 Å². The number of nitrogens with zero attached hydrogens (tertiary/aromatic N) is 7. The molecule has 5 rings (SSSR count). The second-order valence-corrected chi connectivity index (χ2v) is 17.9. The molecule has 0 aliphatic carbocycles. The number of carbonyl (C=O) groups excluding carboxylic acids is 4. The first kappa shape index (κ1) is 32.2. The molecule has 3 aliphatic heterocycles. The number of aryl methyl sites for hydroxylation is 1. The summed E-state index contributed by atoms with van der Waals surface area (Å²) in [6, 6.07) is 6.52. The molecule has 2 saturated heterocycles. The lowest BCUT2D eigenvalue weighted by Gasteiger charge is -2.40. The Morgan fingerprint density at radius 1 is 1.11 bits per heavy atom. The third-order valence-electron chi connectivity index (χ3n) is 9.33. The van der Waals surface area contributed by atoms with E-state index in [0.29, 0.717) is 12.3 Å². The first-order valence-electron chi connectivity index (χ1n) is 15.1. The molecule has 3 aliphatic rings. The molecular weight excluding hydrogens is 596 g/mol. The van der Waals surface area contributed by atoms with Crippen LogP contribution >= 0.6 is 0 Å². The summed E-state index contributed by atoms with van der Waals surface area (Å²) in [6.45, 7) is 12.8. The molecule has 45 heavy (non-hydrogen) atoms. The van der Waals surface area contributed by atoms with E-state index < -0.39 is 44.3 Å². The van der Waals surface area contributed by atoms with E-state index in [-0.39, 0.29) is 37.2 Å². The van der Waals surface area contributed by atoms with E-state index in [1.165, 1.54) is 9.96 Å². The smallest absolute Gasteiger partial charge is 0.345 e. The van der Waals surface area contributed by atoms with Crippen LogP contribution in [0.15, 0.2) is 41.7 Å². The number of amides is 6. The Morgan fingerprint density at radius 3 is 2.42 bits per heavy atom. The lowest BCUT2D eigenvalue weighted by Crippen LogP contribution is -2.62. The van der Waals surface area contributed by atoms with Crippen molar-refractivity contribution in [3.8, 4) is 0 Å². The summed E-state index contributed by atoms with van der Waals surface area (Å²) < 4.78 is 8.11. The lowest BCUT2D eigenvalue weighted by molar-refractivity contribution is -0.156. The van der Waals surface area contributed by atoms with Crippen LogP contribution < -0.4 is 5.73 Å². The van der Waals surface area contributed by atoms with Gasteiger partial charge in [-0.25, -0.2) is 9.59 Å². The van der Waals surface area contributed by atoms with E-state index in [1.807, 2.05) is 30.3 Å².